The predicted octanol–water partition coefficient (Wildman–Crippen LogP) is 11.2. The summed E-state index contributed by atoms with van der Waals surface area (Å²) in [4.78, 5) is 85.6. The van der Waals surface area contributed by atoms with Gasteiger partial charge in [-0.05, 0) is 195 Å². The van der Waals surface area contributed by atoms with Gasteiger partial charge in [0.1, 0.15) is 35.8 Å². The number of carboxylic acid groups (broad SMARTS) is 1. The van der Waals surface area contributed by atoms with Crippen molar-refractivity contribution in [3.05, 3.63) is 200 Å². The van der Waals surface area contributed by atoms with Gasteiger partial charge in [0.25, 0.3) is 0 Å². The molecule has 20 nitrogen and oxygen atoms in total. The first-order chi connectivity index (χ1) is 44.6. The molecule has 8 heterocycles. The fourth-order valence-corrected chi connectivity index (χ4v) is 14.5. The highest BCUT2D eigenvalue weighted by atomic mass is 19.1. The molecule has 468 valence electrons. The standard InChI is InChI=1S/C35H34FN7O3.C35H33FN6O4/c36-24-5-8-30(27(15-24)25-6-4-23(32(37)44)14-26(25)22-2-3-22)46-31-16-38-20-39-33(31)43-12-10-35(19-43)9-11-42(18-35)17-21-1-7-28-29(13-21)41-34(45)40-28;36-24-5-8-30(27(15-24)25-6-4-23(33(43)44)14-26(25)22-2-3-22)46-31-16-37-20-38-32(31)42-12-10-35(19-42)9-11-41(18-35)17-21-1-7-28-29(13-21)40-34(45)39-28/h1,4-8,13-16,20,22H,2-3,9-12,17-19H2,(H2,37,44)(H2,40,41,45);1,4-8,13-16,20,22H,2-3,9-12,17-19H2,(H,43,44)(H2,39,40,45). The highest BCUT2D eigenvalue weighted by molar-refractivity contribution is 5.94. The molecular formula is C70H67F2N13O7. The summed E-state index contributed by atoms with van der Waals surface area (Å²) >= 11 is 0. The summed E-state index contributed by atoms with van der Waals surface area (Å²) < 4.78 is 42.4. The summed E-state index contributed by atoms with van der Waals surface area (Å²) in [5.41, 5.74) is 16.4. The average Bonchev–Trinajstić information content (AvgIpc) is 1.91. The first-order valence-corrected chi connectivity index (χ1v) is 31.4. The van der Waals surface area contributed by atoms with Gasteiger partial charge in [-0.2, -0.15) is 0 Å². The van der Waals surface area contributed by atoms with Crippen molar-refractivity contribution in [1.29, 1.82) is 0 Å². The molecule has 2 unspecified atom stereocenters. The third-order valence-corrected chi connectivity index (χ3v) is 19.4. The minimum absolute atomic E-state index is 0.126. The Labute approximate surface area is 526 Å². The number of amides is 1. The molecule has 7 N–H and O–H groups in total. The summed E-state index contributed by atoms with van der Waals surface area (Å²) in [6, 6.07) is 31.5. The van der Waals surface area contributed by atoms with E-state index in [4.69, 9.17) is 15.2 Å². The van der Waals surface area contributed by atoms with Gasteiger partial charge in [-0.3, -0.25) is 14.6 Å². The number of nitrogens with two attached hydrogens (primary N) is 1. The van der Waals surface area contributed by atoms with Crippen LogP contribution in [0.1, 0.15) is 106 Å². The molecule has 4 aliphatic heterocycles. The molecular weight excluding hydrogens is 1170 g/mol. The van der Waals surface area contributed by atoms with E-state index in [1.807, 2.05) is 36.4 Å². The number of likely N-dealkylation sites (tertiary alicyclic amines) is 2. The third-order valence-electron chi connectivity index (χ3n) is 19.4. The Morgan fingerprint density at radius 3 is 1.42 bits per heavy atom. The number of hydrogen-bond acceptors (Lipinski definition) is 14. The van der Waals surface area contributed by atoms with Crippen molar-refractivity contribution in [1.82, 2.24) is 49.7 Å². The number of carbonyl (C=O) groups excluding carboxylic acids is 1. The summed E-state index contributed by atoms with van der Waals surface area (Å²) in [6.45, 7) is 8.91. The number of ether oxygens (including phenoxy) is 2. The number of nitrogens with zero attached hydrogens (tertiary/aromatic N) is 8. The fraction of sp³-hybridized carbons (Fsp3) is 0.314. The molecule has 92 heavy (non-hydrogen) atoms. The SMILES string of the molecule is NC(=O)c1ccc(-c2cc(F)ccc2Oc2cncnc2N2CCC3(CCN(Cc4ccc5[nH]c(=O)[nH]c5c4)C3)C2)c(C2CC2)c1.O=C(O)c1ccc(-c2cc(F)ccc2Oc2cncnc2N2CCC3(CCN(Cc4ccc5[nH]c(=O)[nH]c5c4)C3)C2)c(C2CC2)c1. The lowest BCUT2D eigenvalue weighted by molar-refractivity contribution is 0.0696. The second-order valence-corrected chi connectivity index (χ2v) is 25.9. The van der Waals surface area contributed by atoms with Gasteiger partial charge in [0, 0.05) is 79.9 Å². The molecule has 22 heteroatoms. The first-order valence-electron chi connectivity index (χ1n) is 31.4. The van der Waals surface area contributed by atoms with Gasteiger partial charge in [-0.25, -0.2) is 43.1 Å². The van der Waals surface area contributed by atoms with Crippen LogP contribution in [0.25, 0.3) is 44.3 Å². The van der Waals surface area contributed by atoms with Crippen LogP contribution in [0.5, 0.6) is 23.0 Å². The van der Waals surface area contributed by atoms with Crippen molar-refractivity contribution >= 4 is 45.6 Å². The van der Waals surface area contributed by atoms with Crippen LogP contribution in [0, 0.1) is 22.5 Å². The number of nitrogens with one attached hydrogen (secondary N) is 4. The van der Waals surface area contributed by atoms with E-state index in [0.29, 0.717) is 57.2 Å². The largest absolute Gasteiger partial charge is 0.478 e. The van der Waals surface area contributed by atoms with E-state index >= 15 is 0 Å². The van der Waals surface area contributed by atoms with Crippen molar-refractivity contribution in [2.75, 3.05) is 62.2 Å². The summed E-state index contributed by atoms with van der Waals surface area (Å²) in [5, 5.41) is 9.58. The Balaban J connectivity index is 0.000000153. The Hall–Kier alpha value is -10.1. The van der Waals surface area contributed by atoms with Gasteiger partial charge in [0.15, 0.2) is 23.1 Å². The van der Waals surface area contributed by atoms with E-state index in [9.17, 15) is 33.1 Å². The van der Waals surface area contributed by atoms with Gasteiger partial charge < -0.3 is 50.0 Å². The van der Waals surface area contributed by atoms with E-state index < -0.39 is 17.7 Å². The third kappa shape index (κ3) is 12.0. The van der Waals surface area contributed by atoms with E-state index in [-0.39, 0.29) is 39.5 Å². The second kappa shape index (κ2) is 23.6. The molecule has 16 rings (SSSR count). The average molecular weight is 1240 g/mol. The zero-order valence-electron chi connectivity index (χ0n) is 50.4. The van der Waals surface area contributed by atoms with Crippen molar-refractivity contribution in [3.8, 4) is 45.3 Å². The summed E-state index contributed by atoms with van der Waals surface area (Å²) in [6.07, 6.45) is 14.6. The molecule has 6 fully saturated rings. The number of H-pyrrole nitrogens is 4. The summed E-state index contributed by atoms with van der Waals surface area (Å²) in [5.74, 6) is 1.67. The molecule has 2 atom stereocenters. The van der Waals surface area contributed by atoms with Gasteiger partial charge >= 0.3 is 17.3 Å². The number of carbonyl (C=O) groups is 2. The number of imidazole rings is 2. The summed E-state index contributed by atoms with van der Waals surface area (Å²) in [7, 11) is 0. The van der Waals surface area contributed by atoms with Crippen molar-refractivity contribution < 1.29 is 33.0 Å². The first kappa shape index (κ1) is 58.3. The van der Waals surface area contributed by atoms with Gasteiger partial charge in [0.05, 0.1) is 40.0 Å². The van der Waals surface area contributed by atoms with Gasteiger partial charge in [-0.15, -0.1) is 0 Å². The molecule has 2 spiro atoms. The molecule has 1 amide bonds. The number of aromatic nitrogens is 8. The minimum atomic E-state index is -0.986. The van der Waals surface area contributed by atoms with Crippen LogP contribution in [0.4, 0.5) is 20.4 Å². The zero-order valence-corrected chi connectivity index (χ0v) is 50.4. The quantitative estimate of drug-likeness (QED) is 0.0525. The normalized spacial score (nSPS) is 19.8. The number of primary amides is 1. The Bertz CT molecular complexity index is 4360. The topological polar surface area (TPSA) is 261 Å². The van der Waals surface area contributed by atoms with E-state index in [2.05, 4.69) is 71.6 Å². The van der Waals surface area contributed by atoms with Crippen molar-refractivity contribution in [2.45, 2.75) is 76.3 Å². The molecule has 2 aliphatic carbocycles. The number of carboxylic acids is 1. The molecule has 4 saturated heterocycles. The maximum Gasteiger partial charge on any atom is 0.335 e. The number of rotatable bonds is 16. The van der Waals surface area contributed by atoms with E-state index in [1.165, 1.54) is 48.0 Å². The van der Waals surface area contributed by atoms with Crippen LogP contribution in [0.2, 0.25) is 0 Å². The van der Waals surface area contributed by atoms with Crippen LogP contribution in [0.3, 0.4) is 0 Å². The highest BCUT2D eigenvalue weighted by Gasteiger charge is 2.46. The Kier molecular flexibility index (Phi) is 15.0. The van der Waals surface area contributed by atoms with Crippen LogP contribution in [-0.2, 0) is 13.1 Å². The monoisotopic (exact) mass is 1240 g/mol. The number of halogens is 2. The number of anilines is 2. The molecule has 0 bridgehead atoms. The van der Waals surface area contributed by atoms with E-state index in [0.717, 1.165) is 161 Å². The number of benzene rings is 6. The Morgan fingerprint density at radius 2 is 0.967 bits per heavy atom. The van der Waals surface area contributed by atoms with Gasteiger partial charge in [-0.1, -0.05) is 24.3 Å². The van der Waals surface area contributed by atoms with Crippen molar-refractivity contribution in [3.63, 3.8) is 0 Å². The Morgan fingerprint density at radius 1 is 0.522 bits per heavy atom. The second-order valence-electron chi connectivity index (χ2n) is 25.9. The van der Waals surface area contributed by atoms with Crippen molar-refractivity contribution in [2.24, 2.45) is 16.6 Å². The maximum atomic E-state index is 14.7. The maximum absolute atomic E-state index is 14.7. The van der Waals surface area contributed by atoms with Crippen LogP contribution >= 0.6 is 0 Å². The van der Waals surface area contributed by atoms with E-state index in [1.54, 1.807) is 48.8 Å². The fourth-order valence-electron chi connectivity index (χ4n) is 14.5. The zero-order chi connectivity index (χ0) is 62.8. The lowest BCUT2D eigenvalue weighted by Crippen LogP contribution is -2.31. The number of fused-ring (bicyclic) bond motifs is 2. The number of aromatic amines is 4. The lowest BCUT2D eigenvalue weighted by atomic mass is 9.86. The molecule has 10 aromatic rings. The minimum Gasteiger partial charge on any atom is -0.478 e. The van der Waals surface area contributed by atoms with Crippen LogP contribution < -0.4 is 36.4 Å². The number of aromatic carboxylic acids is 1. The molecule has 6 aromatic carbocycles. The molecule has 0 radical (unpaired) electrons. The number of hydrogen-bond donors (Lipinski definition) is 6. The molecule has 6 aliphatic rings. The predicted molar refractivity (Wildman–Crippen MR) is 343 cm³/mol. The lowest BCUT2D eigenvalue weighted by Gasteiger charge is -2.26. The van der Waals surface area contributed by atoms with Crippen LogP contribution in [-0.4, -0.2) is 119 Å². The van der Waals surface area contributed by atoms with Crippen LogP contribution in [0.15, 0.2) is 144 Å². The molecule has 2 saturated carbocycles. The highest BCUT2D eigenvalue weighted by Crippen LogP contribution is 2.51. The smallest absolute Gasteiger partial charge is 0.335 e. The van der Waals surface area contributed by atoms with Gasteiger partial charge in [0.2, 0.25) is 5.91 Å². The molecule has 4 aromatic heterocycles.